The molecule has 2 N–H and O–H groups in total. The van der Waals surface area contributed by atoms with Crippen LogP contribution < -0.4 is 0 Å². The molecule has 0 amide bonds. The van der Waals surface area contributed by atoms with Crippen LogP contribution in [0.3, 0.4) is 0 Å². The molecular weight excluding hydrogens is 397 g/mol. The summed E-state index contributed by atoms with van der Waals surface area (Å²) in [5, 5.41) is 10.5. The maximum absolute atomic E-state index is 11.3. The van der Waals surface area contributed by atoms with Gasteiger partial charge in [0.15, 0.2) is 6.35 Å². The molecule has 0 radical (unpaired) electrons. The molecule has 1 aromatic rings. The maximum Gasteiger partial charge on any atom is 0.362 e. The van der Waals surface area contributed by atoms with Gasteiger partial charge >= 0.3 is 13.6 Å². The van der Waals surface area contributed by atoms with Gasteiger partial charge < -0.3 is 14.5 Å². The van der Waals surface area contributed by atoms with Gasteiger partial charge in [0.05, 0.1) is 11.3 Å². The summed E-state index contributed by atoms with van der Waals surface area (Å²) in [6, 6.07) is 6.14. The van der Waals surface area contributed by atoms with E-state index in [2.05, 4.69) is 4.74 Å². The van der Waals surface area contributed by atoms with E-state index in [0.717, 1.165) is 5.56 Å². The normalized spacial score (nSPS) is 11.1. The van der Waals surface area contributed by atoms with Gasteiger partial charge in [0.25, 0.3) is 5.69 Å². The summed E-state index contributed by atoms with van der Waals surface area (Å²) in [7, 11) is -4.35. The van der Waals surface area contributed by atoms with E-state index in [4.69, 9.17) is 22.0 Å². The van der Waals surface area contributed by atoms with Gasteiger partial charge in [-0.15, -0.1) is 23.5 Å². The number of esters is 1. The predicted octanol–water partition coefficient (Wildman–Crippen LogP) is 2.91. The molecule has 0 saturated carbocycles. The average molecular weight is 411 g/mol. The molecule has 0 fully saturated rings. The fraction of sp³-hybridized carbons (Fsp3) is 0.333. The summed E-state index contributed by atoms with van der Waals surface area (Å²) in [5.74, 6) is 0.187. The van der Waals surface area contributed by atoms with Gasteiger partial charge in [-0.3, -0.25) is 19.5 Å². The monoisotopic (exact) mass is 411 g/mol. The Balaban J connectivity index is 2.23. The van der Waals surface area contributed by atoms with E-state index in [9.17, 15) is 19.5 Å². The van der Waals surface area contributed by atoms with Gasteiger partial charge in [-0.25, -0.2) is 0 Å². The number of carbonyl (C=O) groups is 1. The van der Waals surface area contributed by atoms with Crippen LogP contribution in [0.4, 0.5) is 5.69 Å². The predicted molar refractivity (Wildman–Crippen MR) is 97.1 cm³/mol. The van der Waals surface area contributed by atoms with Gasteiger partial charge in [-0.2, -0.15) is 0 Å². The van der Waals surface area contributed by atoms with E-state index in [1.807, 2.05) is 0 Å². The Kier molecular flexibility index (Phi) is 8.88. The molecule has 0 saturated heterocycles. The molecule has 1 aromatic carbocycles. The van der Waals surface area contributed by atoms with Crippen LogP contribution in [0, 0.1) is 10.1 Å². The minimum atomic E-state index is -4.35. The zero-order valence-electron chi connectivity index (χ0n) is 12.2. The third-order valence-corrected chi connectivity index (χ3v) is 5.66. The Bertz CT molecular complexity index is 647. The lowest BCUT2D eigenvalue weighted by molar-refractivity contribution is -0.384. The van der Waals surface area contributed by atoms with Crippen LogP contribution in [-0.2, 0) is 19.8 Å². The van der Waals surface area contributed by atoms with Crippen molar-refractivity contribution in [2.75, 3.05) is 12.1 Å². The number of hydrogen-bond acceptors (Lipinski definition) is 8. The number of thiocarbonyl (C=S) groups is 1. The Hall–Kier alpha value is -0.970. The summed E-state index contributed by atoms with van der Waals surface area (Å²) in [6.07, 6.45) is -0.932. The number of rotatable bonds is 8. The van der Waals surface area contributed by atoms with Crippen LogP contribution in [0.25, 0.3) is 0 Å². The van der Waals surface area contributed by atoms with E-state index in [1.54, 1.807) is 12.1 Å². The third-order valence-electron chi connectivity index (χ3n) is 2.42. The van der Waals surface area contributed by atoms with E-state index >= 15 is 0 Å². The van der Waals surface area contributed by atoms with E-state index in [-0.39, 0.29) is 12.1 Å². The van der Waals surface area contributed by atoms with Crippen molar-refractivity contribution >= 4 is 58.5 Å². The summed E-state index contributed by atoms with van der Waals surface area (Å²) in [4.78, 5) is 38.5. The van der Waals surface area contributed by atoms with Crippen molar-refractivity contribution in [1.82, 2.24) is 0 Å². The number of benzene rings is 1. The number of ether oxygens (including phenoxy) is 1. The highest BCUT2D eigenvalue weighted by atomic mass is 32.2. The molecule has 132 valence electrons. The van der Waals surface area contributed by atoms with Crippen LogP contribution in [0.15, 0.2) is 24.3 Å². The first-order valence-corrected chi connectivity index (χ1v) is 10.6. The van der Waals surface area contributed by atoms with Crippen LogP contribution in [0.2, 0.25) is 0 Å². The summed E-state index contributed by atoms with van der Waals surface area (Å²) < 4.78 is 15.6. The molecular formula is C12H14NO7PS3. The van der Waals surface area contributed by atoms with Crippen molar-refractivity contribution in [3.8, 4) is 0 Å². The molecule has 0 unspecified atom stereocenters. The number of non-ortho nitro benzene ring substituents is 1. The van der Waals surface area contributed by atoms with Crippen molar-refractivity contribution in [2.24, 2.45) is 0 Å². The standard InChI is InChI=1S/C12H14NO7PS3/c14-11(20-8-21(17,18)19)5-6-23-12(22)24-7-9-1-3-10(4-2-9)13(15)16/h1-4H,5-8H2,(H2,17,18,19). The number of hydrogen-bond donors (Lipinski definition) is 2. The molecule has 1 rings (SSSR count). The Morgan fingerprint density at radius 1 is 1.29 bits per heavy atom. The van der Waals surface area contributed by atoms with Gasteiger partial charge in [0.1, 0.15) is 3.53 Å². The zero-order valence-corrected chi connectivity index (χ0v) is 15.5. The quantitative estimate of drug-likeness (QED) is 0.217. The second-order valence-electron chi connectivity index (χ2n) is 4.37. The summed E-state index contributed by atoms with van der Waals surface area (Å²) in [6.45, 7) is 0. The highest BCUT2D eigenvalue weighted by Gasteiger charge is 2.16. The second-order valence-corrected chi connectivity index (χ2v) is 9.23. The van der Waals surface area contributed by atoms with E-state index in [1.165, 1.54) is 35.7 Å². The van der Waals surface area contributed by atoms with Crippen LogP contribution in [0.5, 0.6) is 0 Å². The number of thioether (sulfide) groups is 2. The minimum absolute atomic E-state index is 0.0110. The molecule has 12 heteroatoms. The average Bonchev–Trinajstić information content (AvgIpc) is 2.50. The lowest BCUT2D eigenvalue weighted by Crippen LogP contribution is -2.07. The third kappa shape index (κ3) is 9.36. The van der Waals surface area contributed by atoms with Gasteiger partial charge in [-0.05, 0) is 5.56 Å². The lowest BCUT2D eigenvalue weighted by atomic mass is 10.2. The first kappa shape index (κ1) is 21.1. The highest BCUT2D eigenvalue weighted by Crippen LogP contribution is 2.34. The number of carbonyl (C=O) groups excluding carboxylic acids is 1. The maximum atomic E-state index is 11.3. The Morgan fingerprint density at radius 2 is 1.92 bits per heavy atom. The molecule has 0 spiro atoms. The molecule has 0 aromatic heterocycles. The molecule has 0 aliphatic heterocycles. The van der Waals surface area contributed by atoms with Crippen molar-refractivity contribution in [3.63, 3.8) is 0 Å². The summed E-state index contributed by atoms with van der Waals surface area (Å²) >= 11 is 7.76. The molecule has 24 heavy (non-hydrogen) atoms. The SMILES string of the molecule is O=C(CCSC(=S)SCc1ccc([N+](=O)[O-])cc1)OCP(=O)(O)O. The topological polar surface area (TPSA) is 127 Å². The van der Waals surface area contributed by atoms with E-state index < -0.39 is 24.8 Å². The number of nitro groups is 1. The molecule has 0 atom stereocenters. The summed E-state index contributed by atoms with van der Waals surface area (Å²) in [5.41, 5.74) is 0.907. The Labute approximate surface area is 151 Å². The Morgan fingerprint density at radius 3 is 2.46 bits per heavy atom. The second kappa shape index (κ2) is 10.1. The first-order chi connectivity index (χ1) is 11.2. The van der Waals surface area contributed by atoms with Crippen molar-refractivity contribution < 1.29 is 28.8 Å². The van der Waals surface area contributed by atoms with Gasteiger partial charge in [0.2, 0.25) is 0 Å². The van der Waals surface area contributed by atoms with Crippen molar-refractivity contribution in [1.29, 1.82) is 0 Å². The van der Waals surface area contributed by atoms with Gasteiger partial charge in [-0.1, -0.05) is 24.4 Å². The van der Waals surface area contributed by atoms with Crippen molar-refractivity contribution in [2.45, 2.75) is 12.2 Å². The first-order valence-electron chi connectivity index (χ1n) is 6.40. The lowest BCUT2D eigenvalue weighted by Gasteiger charge is -2.06. The van der Waals surface area contributed by atoms with Crippen LogP contribution >= 0.6 is 43.3 Å². The zero-order chi connectivity index (χ0) is 18.2. The van der Waals surface area contributed by atoms with Crippen LogP contribution in [0.1, 0.15) is 12.0 Å². The molecule has 0 aliphatic rings. The smallest absolute Gasteiger partial charge is 0.362 e. The van der Waals surface area contributed by atoms with Gasteiger partial charge in [0, 0.05) is 23.6 Å². The van der Waals surface area contributed by atoms with Crippen molar-refractivity contribution in [3.05, 3.63) is 39.9 Å². The molecule has 0 aliphatic carbocycles. The molecule has 8 nitrogen and oxygen atoms in total. The highest BCUT2D eigenvalue weighted by molar-refractivity contribution is 8.46. The van der Waals surface area contributed by atoms with Crippen LogP contribution in [-0.4, -0.2) is 36.3 Å². The number of nitro benzene ring substituents is 1. The molecule has 0 bridgehead atoms. The fourth-order valence-corrected chi connectivity index (χ4v) is 3.76. The van der Waals surface area contributed by atoms with E-state index in [0.29, 0.717) is 15.0 Å². The number of nitrogens with zero attached hydrogens (tertiary/aromatic N) is 1. The largest absolute Gasteiger partial charge is 0.453 e. The minimum Gasteiger partial charge on any atom is -0.453 e. The molecule has 0 heterocycles. The fourth-order valence-electron chi connectivity index (χ4n) is 1.34.